The molecule has 108 valence electrons. The lowest BCUT2D eigenvalue weighted by molar-refractivity contribution is -0.142. The first-order valence-electron chi connectivity index (χ1n) is 6.19. The monoisotopic (exact) mass is 360 g/mol. The molecule has 7 heteroatoms. The Bertz CT molecular complexity index is 538. The Kier molecular flexibility index (Phi) is 5.01. The number of anilines is 1. The highest BCUT2D eigenvalue weighted by Gasteiger charge is 2.31. The van der Waals surface area contributed by atoms with Gasteiger partial charge in [-0.15, -0.1) is 0 Å². The second-order valence-electron chi connectivity index (χ2n) is 4.64. The first kappa shape index (κ1) is 15.3. The number of hydrogen-bond acceptors (Lipinski definition) is 3. The van der Waals surface area contributed by atoms with E-state index in [0.717, 1.165) is 10.9 Å². The number of nitrogens with zero attached hydrogens (tertiary/aromatic N) is 1. The van der Waals surface area contributed by atoms with Crippen molar-refractivity contribution in [1.82, 2.24) is 4.90 Å². The molecule has 2 N–H and O–H groups in total. The number of carboxylic acids is 1. The molecule has 5 nitrogen and oxygen atoms in total. The maximum Gasteiger partial charge on any atom is 0.320 e. The van der Waals surface area contributed by atoms with E-state index in [1.165, 1.54) is 0 Å². The molecule has 1 heterocycles. The number of hydrogen-bond donors (Lipinski definition) is 2. The molecule has 0 saturated carbocycles. The van der Waals surface area contributed by atoms with Crippen molar-refractivity contribution in [3.8, 4) is 0 Å². The maximum atomic E-state index is 12.0. The van der Waals surface area contributed by atoms with Crippen molar-refractivity contribution in [3.05, 3.63) is 27.7 Å². The molecule has 2 rings (SSSR count). The zero-order valence-corrected chi connectivity index (χ0v) is 12.9. The summed E-state index contributed by atoms with van der Waals surface area (Å²) in [6.45, 7) is 0.682. The first-order chi connectivity index (χ1) is 9.47. The number of carbonyl (C=O) groups is 2. The molecule has 1 aliphatic heterocycles. The summed E-state index contributed by atoms with van der Waals surface area (Å²) in [7, 11) is 0. The molecular formula is C13H14BrClN2O3. The van der Waals surface area contributed by atoms with Crippen molar-refractivity contribution in [2.75, 3.05) is 18.4 Å². The average Bonchev–Trinajstić information content (AvgIpc) is 2.81. The molecule has 1 aromatic carbocycles. The van der Waals surface area contributed by atoms with Crippen LogP contribution >= 0.6 is 27.5 Å². The Morgan fingerprint density at radius 3 is 2.90 bits per heavy atom. The predicted octanol–water partition coefficient (Wildman–Crippen LogP) is 2.59. The first-order valence-corrected chi connectivity index (χ1v) is 7.36. The van der Waals surface area contributed by atoms with Gasteiger partial charge in [0.05, 0.1) is 17.3 Å². The SMILES string of the molecule is O=C(CN1CCCC1C(=O)O)Nc1ccc(Br)cc1Cl. The molecule has 1 saturated heterocycles. The molecule has 0 bridgehead atoms. The van der Waals surface area contributed by atoms with E-state index < -0.39 is 12.0 Å². The van der Waals surface area contributed by atoms with Crippen LogP contribution in [0.15, 0.2) is 22.7 Å². The molecule has 0 aliphatic carbocycles. The molecule has 1 aromatic rings. The molecule has 1 aliphatic rings. The highest BCUT2D eigenvalue weighted by Crippen LogP contribution is 2.25. The third kappa shape index (κ3) is 3.71. The van der Waals surface area contributed by atoms with Crippen LogP contribution in [-0.2, 0) is 9.59 Å². The van der Waals surface area contributed by atoms with E-state index in [1.807, 2.05) is 0 Å². The van der Waals surface area contributed by atoms with E-state index in [1.54, 1.807) is 23.1 Å². The number of nitrogens with one attached hydrogen (secondary N) is 1. The zero-order chi connectivity index (χ0) is 14.7. The quantitative estimate of drug-likeness (QED) is 0.865. The van der Waals surface area contributed by atoms with Crippen LogP contribution in [0.25, 0.3) is 0 Å². The summed E-state index contributed by atoms with van der Waals surface area (Å²) in [5.74, 6) is -1.14. The Morgan fingerprint density at radius 2 is 2.25 bits per heavy atom. The summed E-state index contributed by atoms with van der Waals surface area (Å²) in [6, 6.07) is 4.59. The number of carbonyl (C=O) groups excluding carboxylic acids is 1. The molecular weight excluding hydrogens is 348 g/mol. The molecule has 1 atom stereocenters. The van der Waals surface area contributed by atoms with Crippen LogP contribution in [0.2, 0.25) is 5.02 Å². The molecule has 1 unspecified atom stereocenters. The number of benzene rings is 1. The summed E-state index contributed by atoms with van der Waals surface area (Å²) in [5, 5.41) is 12.2. The van der Waals surface area contributed by atoms with Crippen molar-refractivity contribution in [3.63, 3.8) is 0 Å². The molecule has 1 amide bonds. The summed E-state index contributed by atoms with van der Waals surface area (Å²) < 4.78 is 0.825. The Morgan fingerprint density at radius 1 is 1.50 bits per heavy atom. The Hall–Kier alpha value is -1.11. The van der Waals surface area contributed by atoms with Crippen molar-refractivity contribution in [1.29, 1.82) is 0 Å². The number of halogens is 2. The molecule has 0 aromatic heterocycles. The van der Waals surface area contributed by atoms with E-state index >= 15 is 0 Å². The number of likely N-dealkylation sites (tertiary alicyclic amines) is 1. The maximum absolute atomic E-state index is 12.0. The largest absolute Gasteiger partial charge is 0.480 e. The summed E-state index contributed by atoms with van der Waals surface area (Å²) in [6.07, 6.45) is 1.38. The molecule has 20 heavy (non-hydrogen) atoms. The Labute approximate surface area is 130 Å². The van der Waals surface area contributed by atoms with Gasteiger partial charge in [-0.05, 0) is 37.6 Å². The highest BCUT2D eigenvalue weighted by atomic mass is 79.9. The fourth-order valence-electron chi connectivity index (χ4n) is 2.26. The topological polar surface area (TPSA) is 69.6 Å². The van der Waals surface area contributed by atoms with Gasteiger partial charge in [0.15, 0.2) is 0 Å². The van der Waals surface area contributed by atoms with Crippen LogP contribution in [0, 0.1) is 0 Å². The third-order valence-corrected chi connectivity index (χ3v) is 4.01. The minimum Gasteiger partial charge on any atom is -0.480 e. The smallest absolute Gasteiger partial charge is 0.320 e. The van der Waals surface area contributed by atoms with Crippen LogP contribution in [0.3, 0.4) is 0 Å². The van der Waals surface area contributed by atoms with Gasteiger partial charge in [0.1, 0.15) is 6.04 Å². The van der Waals surface area contributed by atoms with Crippen LogP contribution in [0.5, 0.6) is 0 Å². The standard InChI is InChI=1S/C13H14BrClN2O3/c14-8-3-4-10(9(15)6-8)16-12(18)7-17-5-1-2-11(17)13(19)20/h3-4,6,11H,1-2,5,7H2,(H,16,18)(H,19,20). The highest BCUT2D eigenvalue weighted by molar-refractivity contribution is 9.10. The van der Waals surface area contributed by atoms with Crippen LogP contribution in [0.1, 0.15) is 12.8 Å². The lowest BCUT2D eigenvalue weighted by Crippen LogP contribution is -2.40. The van der Waals surface area contributed by atoms with E-state index in [-0.39, 0.29) is 12.5 Å². The second-order valence-corrected chi connectivity index (χ2v) is 5.96. The zero-order valence-electron chi connectivity index (χ0n) is 10.6. The van der Waals surface area contributed by atoms with E-state index in [2.05, 4.69) is 21.2 Å². The fourth-order valence-corrected chi connectivity index (χ4v) is 2.98. The number of rotatable bonds is 4. The third-order valence-electron chi connectivity index (χ3n) is 3.20. The van der Waals surface area contributed by atoms with Gasteiger partial charge >= 0.3 is 5.97 Å². The minimum atomic E-state index is -0.878. The summed E-state index contributed by atoms with van der Waals surface area (Å²) >= 11 is 9.30. The van der Waals surface area contributed by atoms with Crippen LogP contribution in [-0.4, -0.2) is 41.0 Å². The lowest BCUT2D eigenvalue weighted by atomic mass is 10.2. The predicted molar refractivity (Wildman–Crippen MR) is 80.0 cm³/mol. The number of carboxylic acid groups (broad SMARTS) is 1. The van der Waals surface area contributed by atoms with Gasteiger partial charge in [0.25, 0.3) is 0 Å². The molecule has 0 spiro atoms. The van der Waals surface area contributed by atoms with E-state index in [0.29, 0.717) is 23.7 Å². The average molecular weight is 362 g/mol. The van der Waals surface area contributed by atoms with Crippen LogP contribution in [0.4, 0.5) is 5.69 Å². The van der Waals surface area contributed by atoms with Crippen molar-refractivity contribution >= 4 is 45.1 Å². The minimum absolute atomic E-state index is 0.0589. The van der Waals surface area contributed by atoms with E-state index in [4.69, 9.17) is 16.7 Å². The summed E-state index contributed by atoms with van der Waals surface area (Å²) in [5.41, 5.74) is 0.519. The van der Waals surface area contributed by atoms with Crippen molar-refractivity contribution < 1.29 is 14.7 Å². The lowest BCUT2D eigenvalue weighted by Gasteiger charge is -2.20. The van der Waals surface area contributed by atoms with Gasteiger partial charge in [0.2, 0.25) is 5.91 Å². The van der Waals surface area contributed by atoms with Gasteiger partial charge < -0.3 is 10.4 Å². The van der Waals surface area contributed by atoms with Crippen molar-refractivity contribution in [2.24, 2.45) is 0 Å². The molecule has 1 fully saturated rings. The molecule has 0 radical (unpaired) electrons. The fraction of sp³-hybridized carbons (Fsp3) is 0.385. The van der Waals surface area contributed by atoms with Gasteiger partial charge in [-0.25, -0.2) is 0 Å². The van der Waals surface area contributed by atoms with E-state index in [9.17, 15) is 9.59 Å². The van der Waals surface area contributed by atoms with Crippen molar-refractivity contribution in [2.45, 2.75) is 18.9 Å². The second kappa shape index (κ2) is 6.56. The number of amides is 1. The van der Waals surface area contributed by atoms with Gasteiger partial charge in [-0.3, -0.25) is 14.5 Å². The number of aliphatic carboxylic acids is 1. The normalized spacial score (nSPS) is 19.0. The van der Waals surface area contributed by atoms with Gasteiger partial charge in [0, 0.05) is 4.47 Å². The van der Waals surface area contributed by atoms with Gasteiger partial charge in [-0.1, -0.05) is 27.5 Å². The van der Waals surface area contributed by atoms with Gasteiger partial charge in [-0.2, -0.15) is 0 Å². The Balaban J connectivity index is 1.97. The summed E-state index contributed by atoms with van der Waals surface area (Å²) in [4.78, 5) is 24.7. The van der Waals surface area contributed by atoms with Crippen LogP contribution < -0.4 is 5.32 Å².